The van der Waals surface area contributed by atoms with Crippen LogP contribution in [0.25, 0.3) is 0 Å². The first kappa shape index (κ1) is 15.1. The van der Waals surface area contributed by atoms with Gasteiger partial charge in [0, 0.05) is 29.0 Å². The topological polar surface area (TPSA) is 36.4 Å². The molecule has 2 unspecified atom stereocenters. The van der Waals surface area contributed by atoms with E-state index >= 15 is 0 Å². The summed E-state index contributed by atoms with van der Waals surface area (Å²) in [6.45, 7) is 13.2. The standard InChI is InChI=1S/C14H24N2OS2/c1-9-6-16(7-10(2)18-9)13-15-12(14(3,4)5)11(8-17)19-13/h9-10,17H,6-8H2,1-5H3. The minimum absolute atomic E-state index is 0.00537. The number of hydrogen-bond donors (Lipinski definition) is 1. The number of aliphatic hydroxyl groups is 1. The van der Waals surface area contributed by atoms with Gasteiger partial charge in [-0.05, 0) is 0 Å². The fourth-order valence-electron chi connectivity index (χ4n) is 2.50. The Kier molecular flexibility index (Phi) is 4.48. The lowest BCUT2D eigenvalue weighted by Crippen LogP contribution is -2.40. The summed E-state index contributed by atoms with van der Waals surface area (Å²) in [7, 11) is 0. The first-order chi connectivity index (χ1) is 8.81. The monoisotopic (exact) mass is 300 g/mol. The lowest BCUT2D eigenvalue weighted by Gasteiger charge is -2.34. The number of thiazole rings is 1. The van der Waals surface area contributed by atoms with E-state index in [4.69, 9.17) is 4.98 Å². The van der Waals surface area contributed by atoms with Gasteiger partial charge in [-0.25, -0.2) is 4.98 Å². The van der Waals surface area contributed by atoms with E-state index in [9.17, 15) is 5.11 Å². The quantitative estimate of drug-likeness (QED) is 0.909. The van der Waals surface area contributed by atoms with Crippen molar-refractivity contribution in [2.45, 2.75) is 57.1 Å². The van der Waals surface area contributed by atoms with Crippen molar-refractivity contribution in [2.75, 3.05) is 18.0 Å². The highest BCUT2D eigenvalue weighted by atomic mass is 32.2. The van der Waals surface area contributed by atoms with Crippen molar-refractivity contribution in [1.82, 2.24) is 4.98 Å². The third-order valence-electron chi connectivity index (χ3n) is 3.23. The van der Waals surface area contributed by atoms with Gasteiger partial charge in [0.2, 0.25) is 0 Å². The van der Waals surface area contributed by atoms with E-state index in [1.54, 1.807) is 11.3 Å². The zero-order valence-corrected chi connectivity index (χ0v) is 14.1. The van der Waals surface area contributed by atoms with Gasteiger partial charge in [-0.15, -0.1) is 0 Å². The van der Waals surface area contributed by atoms with Gasteiger partial charge in [0.15, 0.2) is 5.13 Å². The Morgan fingerprint density at radius 1 is 1.26 bits per heavy atom. The van der Waals surface area contributed by atoms with Crippen LogP contribution in [0, 0.1) is 0 Å². The number of aliphatic hydroxyl groups excluding tert-OH is 1. The van der Waals surface area contributed by atoms with Crippen molar-refractivity contribution >= 4 is 28.2 Å². The van der Waals surface area contributed by atoms with Crippen LogP contribution in [0.2, 0.25) is 0 Å². The molecule has 1 aliphatic rings. The Morgan fingerprint density at radius 3 is 2.26 bits per heavy atom. The van der Waals surface area contributed by atoms with Gasteiger partial charge in [-0.1, -0.05) is 46.0 Å². The molecule has 5 heteroatoms. The molecule has 1 N–H and O–H groups in total. The lowest BCUT2D eigenvalue weighted by atomic mass is 9.91. The molecule has 2 atom stereocenters. The van der Waals surface area contributed by atoms with Gasteiger partial charge >= 0.3 is 0 Å². The average molecular weight is 300 g/mol. The van der Waals surface area contributed by atoms with E-state index in [0.29, 0.717) is 10.5 Å². The van der Waals surface area contributed by atoms with E-state index in [2.05, 4.69) is 39.5 Å². The molecule has 0 bridgehead atoms. The Bertz CT molecular complexity index is 429. The third kappa shape index (κ3) is 3.44. The molecule has 1 fully saturated rings. The molecule has 19 heavy (non-hydrogen) atoms. The van der Waals surface area contributed by atoms with Gasteiger partial charge in [0.25, 0.3) is 0 Å². The fourth-order valence-corrected chi connectivity index (χ4v) is 4.98. The molecular weight excluding hydrogens is 276 g/mol. The maximum atomic E-state index is 9.55. The van der Waals surface area contributed by atoms with Crippen LogP contribution in [-0.2, 0) is 12.0 Å². The summed E-state index contributed by atoms with van der Waals surface area (Å²) in [4.78, 5) is 8.21. The number of thioether (sulfide) groups is 1. The highest BCUT2D eigenvalue weighted by Gasteiger charge is 2.28. The predicted octanol–water partition coefficient (Wildman–Crippen LogP) is 3.26. The predicted molar refractivity (Wildman–Crippen MR) is 85.5 cm³/mol. The van der Waals surface area contributed by atoms with Gasteiger partial charge < -0.3 is 10.0 Å². The van der Waals surface area contributed by atoms with Crippen LogP contribution < -0.4 is 4.90 Å². The van der Waals surface area contributed by atoms with Gasteiger partial charge in [0.1, 0.15) is 0 Å². The lowest BCUT2D eigenvalue weighted by molar-refractivity contribution is 0.282. The molecule has 1 aromatic heterocycles. The van der Waals surface area contributed by atoms with Gasteiger partial charge in [0.05, 0.1) is 17.2 Å². The molecule has 0 aromatic carbocycles. The maximum Gasteiger partial charge on any atom is 0.185 e. The smallest absolute Gasteiger partial charge is 0.185 e. The molecule has 0 aliphatic carbocycles. The summed E-state index contributed by atoms with van der Waals surface area (Å²) in [5, 5.41) is 11.9. The molecule has 0 amide bonds. The molecule has 0 saturated carbocycles. The van der Waals surface area contributed by atoms with Crippen LogP contribution in [-0.4, -0.2) is 33.7 Å². The van der Waals surface area contributed by atoms with Crippen molar-refractivity contribution in [2.24, 2.45) is 0 Å². The molecule has 2 rings (SSSR count). The second-order valence-corrected chi connectivity index (χ2v) is 9.28. The van der Waals surface area contributed by atoms with E-state index in [1.165, 1.54) is 0 Å². The molecule has 1 aliphatic heterocycles. The van der Waals surface area contributed by atoms with Gasteiger partial charge in [-0.3, -0.25) is 0 Å². The zero-order valence-electron chi connectivity index (χ0n) is 12.4. The summed E-state index contributed by atoms with van der Waals surface area (Å²) in [5.74, 6) is 0. The van der Waals surface area contributed by atoms with Crippen molar-refractivity contribution in [3.05, 3.63) is 10.6 Å². The van der Waals surface area contributed by atoms with Crippen LogP contribution in [0.15, 0.2) is 0 Å². The summed E-state index contributed by atoms with van der Waals surface area (Å²) < 4.78 is 0. The highest BCUT2D eigenvalue weighted by Crippen LogP contribution is 2.36. The molecule has 0 spiro atoms. The molecule has 0 radical (unpaired) electrons. The summed E-state index contributed by atoms with van der Waals surface area (Å²) in [5.41, 5.74) is 1.04. The Morgan fingerprint density at radius 2 is 1.84 bits per heavy atom. The SMILES string of the molecule is CC1CN(c2nc(C(C)(C)C)c(CO)s2)CC(C)S1. The normalized spacial score (nSPS) is 24.8. The van der Waals surface area contributed by atoms with E-state index in [-0.39, 0.29) is 12.0 Å². The minimum atomic E-state index is -0.00537. The van der Waals surface area contributed by atoms with Crippen LogP contribution in [0.5, 0.6) is 0 Å². The number of hydrogen-bond acceptors (Lipinski definition) is 5. The second-order valence-electron chi connectivity index (χ2n) is 6.34. The second kappa shape index (κ2) is 5.62. The average Bonchev–Trinajstić information content (AvgIpc) is 2.71. The molecule has 3 nitrogen and oxygen atoms in total. The van der Waals surface area contributed by atoms with E-state index in [0.717, 1.165) is 28.8 Å². The number of rotatable bonds is 2. The fraction of sp³-hybridized carbons (Fsp3) is 0.786. The van der Waals surface area contributed by atoms with Crippen molar-refractivity contribution < 1.29 is 5.11 Å². The van der Waals surface area contributed by atoms with E-state index in [1.807, 2.05) is 11.8 Å². The minimum Gasteiger partial charge on any atom is -0.391 e. The third-order valence-corrected chi connectivity index (χ3v) is 5.56. The van der Waals surface area contributed by atoms with Crippen LogP contribution in [0.4, 0.5) is 5.13 Å². The first-order valence-electron chi connectivity index (χ1n) is 6.82. The summed E-state index contributed by atoms with van der Waals surface area (Å²) in [6.07, 6.45) is 0. The summed E-state index contributed by atoms with van der Waals surface area (Å²) in [6, 6.07) is 0. The molecule has 1 saturated heterocycles. The number of anilines is 1. The Balaban J connectivity index is 2.28. The molecule has 2 heterocycles. The first-order valence-corrected chi connectivity index (χ1v) is 8.58. The maximum absolute atomic E-state index is 9.55. The number of nitrogens with zero attached hydrogens (tertiary/aromatic N) is 2. The largest absolute Gasteiger partial charge is 0.391 e. The molecular formula is C14H24N2OS2. The Labute approximate surface area is 124 Å². The van der Waals surface area contributed by atoms with Crippen molar-refractivity contribution in [1.29, 1.82) is 0 Å². The van der Waals surface area contributed by atoms with E-state index < -0.39 is 0 Å². The number of aromatic nitrogens is 1. The van der Waals surface area contributed by atoms with Crippen LogP contribution in [0.3, 0.4) is 0 Å². The molecule has 108 valence electrons. The van der Waals surface area contributed by atoms with Crippen LogP contribution >= 0.6 is 23.1 Å². The highest BCUT2D eigenvalue weighted by molar-refractivity contribution is 8.00. The van der Waals surface area contributed by atoms with Gasteiger partial charge in [-0.2, -0.15) is 11.8 Å². The van der Waals surface area contributed by atoms with Crippen molar-refractivity contribution in [3.63, 3.8) is 0 Å². The zero-order chi connectivity index (χ0) is 14.2. The van der Waals surface area contributed by atoms with Crippen molar-refractivity contribution in [3.8, 4) is 0 Å². The summed E-state index contributed by atoms with van der Waals surface area (Å²) >= 11 is 3.70. The Hall–Kier alpha value is -0.260. The van der Waals surface area contributed by atoms with Crippen LogP contribution in [0.1, 0.15) is 45.2 Å². The molecule has 1 aromatic rings.